The summed E-state index contributed by atoms with van der Waals surface area (Å²) in [6, 6.07) is 0. The topological polar surface area (TPSA) is 17.1 Å². The molecule has 0 radical (unpaired) electrons. The van der Waals surface area contributed by atoms with Gasteiger partial charge in [-0.05, 0) is 37.5 Å². The van der Waals surface area contributed by atoms with Gasteiger partial charge in [-0.1, -0.05) is 19.8 Å². The minimum Gasteiger partial charge on any atom is -0.296 e. The van der Waals surface area contributed by atoms with Gasteiger partial charge in [0.1, 0.15) is 0 Å². The van der Waals surface area contributed by atoms with Gasteiger partial charge in [-0.3, -0.25) is 4.79 Å². The molecular formula is C12H19FO. The minimum absolute atomic E-state index is 0.0929. The molecule has 2 saturated carbocycles. The maximum atomic E-state index is 13.9. The molecule has 0 aromatic heterocycles. The van der Waals surface area contributed by atoms with Gasteiger partial charge in [0.25, 0.3) is 0 Å². The zero-order valence-corrected chi connectivity index (χ0v) is 9.11. The largest absolute Gasteiger partial charge is 0.296 e. The van der Waals surface area contributed by atoms with Crippen LogP contribution < -0.4 is 0 Å². The number of rotatable bonds is 0. The third-order valence-electron chi connectivity index (χ3n) is 4.29. The summed E-state index contributed by atoms with van der Waals surface area (Å²) >= 11 is 0. The van der Waals surface area contributed by atoms with E-state index < -0.39 is 5.67 Å². The van der Waals surface area contributed by atoms with E-state index in [1.807, 2.05) is 0 Å². The lowest BCUT2D eigenvalue weighted by Crippen LogP contribution is -2.48. The molecule has 0 aromatic rings. The highest BCUT2D eigenvalue weighted by molar-refractivity contribution is 5.88. The number of hydrogen-bond donors (Lipinski definition) is 0. The Labute approximate surface area is 85.1 Å². The fourth-order valence-electron chi connectivity index (χ4n) is 3.35. The first-order valence-electron chi connectivity index (χ1n) is 5.66. The van der Waals surface area contributed by atoms with Crippen LogP contribution in [0.4, 0.5) is 4.39 Å². The Kier molecular flexibility index (Phi) is 2.20. The normalized spacial score (nSPS) is 48.8. The summed E-state index contributed by atoms with van der Waals surface area (Å²) < 4.78 is 13.9. The molecule has 2 heteroatoms. The standard InChI is InChI=1S/C12H19FO/c1-11-6-4-3-5-9(11)7-10(14)12(2,13)8-11/h9H,3-8H2,1-2H3/t9?,11-,12+/m1/s1. The molecule has 0 amide bonds. The molecule has 0 saturated heterocycles. The summed E-state index contributed by atoms with van der Waals surface area (Å²) in [5.41, 5.74) is -1.46. The van der Waals surface area contributed by atoms with Gasteiger partial charge >= 0.3 is 0 Å². The minimum atomic E-state index is -1.55. The SMILES string of the molecule is C[C@]12CCCCC1CC(=O)[C@@](C)(F)C2. The van der Waals surface area contributed by atoms with Gasteiger partial charge in [0, 0.05) is 6.42 Å². The van der Waals surface area contributed by atoms with Crippen LogP contribution >= 0.6 is 0 Å². The lowest BCUT2D eigenvalue weighted by Gasteiger charge is -2.48. The molecule has 0 N–H and O–H groups in total. The Hall–Kier alpha value is -0.400. The molecule has 0 aromatic carbocycles. The first kappa shape index (κ1) is 10.1. The third kappa shape index (κ3) is 1.49. The second kappa shape index (κ2) is 3.04. The van der Waals surface area contributed by atoms with Crippen LogP contribution in [0.25, 0.3) is 0 Å². The van der Waals surface area contributed by atoms with Gasteiger partial charge < -0.3 is 0 Å². The van der Waals surface area contributed by atoms with Crippen LogP contribution in [-0.2, 0) is 4.79 Å². The smallest absolute Gasteiger partial charge is 0.169 e. The van der Waals surface area contributed by atoms with Crippen LogP contribution in [0.15, 0.2) is 0 Å². The summed E-state index contributed by atoms with van der Waals surface area (Å²) in [4.78, 5) is 11.5. The van der Waals surface area contributed by atoms with Crippen molar-refractivity contribution in [3.05, 3.63) is 0 Å². The van der Waals surface area contributed by atoms with Crippen molar-refractivity contribution in [2.45, 2.75) is 58.0 Å². The van der Waals surface area contributed by atoms with E-state index >= 15 is 0 Å². The van der Waals surface area contributed by atoms with E-state index in [9.17, 15) is 9.18 Å². The molecule has 14 heavy (non-hydrogen) atoms. The first-order valence-corrected chi connectivity index (χ1v) is 5.66. The van der Waals surface area contributed by atoms with Crippen molar-refractivity contribution >= 4 is 5.78 Å². The quantitative estimate of drug-likeness (QED) is 0.584. The van der Waals surface area contributed by atoms with E-state index in [-0.39, 0.29) is 11.2 Å². The van der Waals surface area contributed by atoms with Crippen molar-refractivity contribution in [1.82, 2.24) is 0 Å². The van der Waals surface area contributed by atoms with Gasteiger partial charge in [-0.2, -0.15) is 0 Å². The van der Waals surface area contributed by atoms with Crippen molar-refractivity contribution in [3.63, 3.8) is 0 Å². The fraction of sp³-hybridized carbons (Fsp3) is 0.917. The van der Waals surface area contributed by atoms with Crippen LogP contribution in [-0.4, -0.2) is 11.5 Å². The Bertz CT molecular complexity index is 259. The number of carbonyl (C=O) groups excluding carboxylic acids is 1. The van der Waals surface area contributed by atoms with Crippen LogP contribution in [0.3, 0.4) is 0 Å². The Morgan fingerprint density at radius 2 is 2.07 bits per heavy atom. The molecule has 2 rings (SSSR count). The molecule has 2 aliphatic rings. The van der Waals surface area contributed by atoms with Crippen molar-refractivity contribution in [2.24, 2.45) is 11.3 Å². The molecule has 0 bridgehead atoms. The maximum Gasteiger partial charge on any atom is 0.169 e. The number of alkyl halides is 1. The average Bonchev–Trinajstić information content (AvgIpc) is 2.06. The number of fused-ring (bicyclic) bond motifs is 1. The van der Waals surface area contributed by atoms with Crippen molar-refractivity contribution in [2.75, 3.05) is 0 Å². The van der Waals surface area contributed by atoms with E-state index in [0.29, 0.717) is 18.8 Å². The number of ketones is 1. The maximum absolute atomic E-state index is 13.9. The number of Topliss-reactive ketones (excluding diaryl/α,β-unsaturated/α-hetero) is 1. The second-order valence-corrected chi connectivity index (χ2v) is 5.60. The van der Waals surface area contributed by atoms with Gasteiger partial charge in [-0.15, -0.1) is 0 Å². The van der Waals surface area contributed by atoms with Crippen LogP contribution in [0.5, 0.6) is 0 Å². The molecular weight excluding hydrogens is 179 g/mol. The van der Waals surface area contributed by atoms with Crippen molar-refractivity contribution in [1.29, 1.82) is 0 Å². The highest BCUT2D eigenvalue weighted by Crippen LogP contribution is 2.52. The lowest BCUT2D eigenvalue weighted by atomic mass is 9.57. The van der Waals surface area contributed by atoms with Gasteiger partial charge in [-0.25, -0.2) is 4.39 Å². The van der Waals surface area contributed by atoms with E-state index in [4.69, 9.17) is 0 Å². The second-order valence-electron chi connectivity index (χ2n) is 5.60. The van der Waals surface area contributed by atoms with Crippen molar-refractivity contribution < 1.29 is 9.18 Å². The van der Waals surface area contributed by atoms with Crippen LogP contribution in [0.1, 0.15) is 52.4 Å². The summed E-state index contributed by atoms with van der Waals surface area (Å²) in [5, 5.41) is 0. The average molecular weight is 198 g/mol. The predicted molar refractivity (Wildman–Crippen MR) is 53.8 cm³/mol. The summed E-state index contributed by atoms with van der Waals surface area (Å²) in [5.74, 6) is 0.287. The Morgan fingerprint density at radius 3 is 2.79 bits per heavy atom. The molecule has 1 nitrogen and oxygen atoms in total. The molecule has 1 unspecified atom stereocenters. The summed E-state index contributed by atoms with van der Waals surface area (Å²) in [6.07, 6.45) is 5.57. The zero-order chi connectivity index (χ0) is 10.4. The lowest BCUT2D eigenvalue weighted by molar-refractivity contribution is -0.142. The van der Waals surface area contributed by atoms with Gasteiger partial charge in [0.05, 0.1) is 0 Å². The first-order chi connectivity index (χ1) is 6.44. The molecule has 2 aliphatic carbocycles. The molecule has 3 atom stereocenters. The van der Waals surface area contributed by atoms with Gasteiger partial charge in [0.15, 0.2) is 11.5 Å². The monoisotopic (exact) mass is 198 g/mol. The Balaban J connectivity index is 2.22. The summed E-state index contributed by atoms with van der Waals surface area (Å²) in [7, 11) is 0. The highest BCUT2D eigenvalue weighted by Gasteiger charge is 2.51. The number of hydrogen-bond acceptors (Lipinski definition) is 1. The molecule has 0 aliphatic heterocycles. The van der Waals surface area contributed by atoms with E-state index in [1.54, 1.807) is 0 Å². The van der Waals surface area contributed by atoms with E-state index in [1.165, 1.54) is 19.8 Å². The molecule has 0 heterocycles. The van der Waals surface area contributed by atoms with Gasteiger partial charge in [0.2, 0.25) is 0 Å². The zero-order valence-electron chi connectivity index (χ0n) is 9.11. The molecule has 80 valence electrons. The van der Waals surface area contributed by atoms with Crippen molar-refractivity contribution in [3.8, 4) is 0 Å². The Morgan fingerprint density at radius 1 is 1.36 bits per heavy atom. The number of halogens is 1. The van der Waals surface area contributed by atoms with E-state index in [0.717, 1.165) is 12.8 Å². The molecule has 2 fully saturated rings. The third-order valence-corrected chi connectivity index (χ3v) is 4.29. The van der Waals surface area contributed by atoms with Crippen LogP contribution in [0.2, 0.25) is 0 Å². The van der Waals surface area contributed by atoms with Crippen LogP contribution in [0, 0.1) is 11.3 Å². The molecule has 0 spiro atoms. The van der Waals surface area contributed by atoms with E-state index in [2.05, 4.69) is 6.92 Å². The number of carbonyl (C=O) groups is 1. The summed E-state index contributed by atoms with van der Waals surface area (Å²) in [6.45, 7) is 3.63. The highest BCUT2D eigenvalue weighted by atomic mass is 19.1. The predicted octanol–water partition coefficient (Wildman–Crippen LogP) is 3.27. The fourth-order valence-corrected chi connectivity index (χ4v) is 3.35.